The Bertz CT molecular complexity index is 221. The molecule has 3 atom stereocenters. The van der Waals surface area contributed by atoms with Crippen LogP contribution in [-0.4, -0.2) is 37.6 Å². The second kappa shape index (κ2) is 6.19. The highest BCUT2D eigenvalue weighted by molar-refractivity contribution is 4.86. The van der Waals surface area contributed by atoms with Gasteiger partial charge in [-0.2, -0.15) is 0 Å². The summed E-state index contributed by atoms with van der Waals surface area (Å²) in [7, 11) is 2.08. The average Bonchev–Trinajstić information content (AvgIpc) is 2.31. The topological polar surface area (TPSA) is 15.3 Å². The standard InChI is InChI=1S/C15H30N2/c1-12-4-5-15(13(2)10-12)17-8-6-14(7-9-17)11-16-3/h12-16H,4-11H2,1-3H3. The highest BCUT2D eigenvalue weighted by Crippen LogP contribution is 2.33. The molecule has 1 N–H and O–H groups in total. The van der Waals surface area contributed by atoms with Crippen molar-refractivity contribution >= 4 is 0 Å². The van der Waals surface area contributed by atoms with Crippen LogP contribution in [0.1, 0.15) is 46.0 Å². The average molecular weight is 238 g/mol. The summed E-state index contributed by atoms with van der Waals surface area (Å²) in [5, 5.41) is 3.33. The number of nitrogens with one attached hydrogen (secondary N) is 1. The molecule has 0 aromatic carbocycles. The third kappa shape index (κ3) is 3.45. The van der Waals surface area contributed by atoms with E-state index in [0.29, 0.717) is 0 Å². The molecule has 0 amide bonds. The highest BCUT2D eigenvalue weighted by atomic mass is 15.2. The van der Waals surface area contributed by atoms with Gasteiger partial charge in [-0.3, -0.25) is 0 Å². The van der Waals surface area contributed by atoms with Crippen LogP contribution in [0.25, 0.3) is 0 Å². The Hall–Kier alpha value is -0.0800. The summed E-state index contributed by atoms with van der Waals surface area (Å²) in [5.74, 6) is 2.80. The van der Waals surface area contributed by atoms with Gasteiger partial charge >= 0.3 is 0 Å². The van der Waals surface area contributed by atoms with E-state index < -0.39 is 0 Å². The quantitative estimate of drug-likeness (QED) is 0.813. The maximum atomic E-state index is 3.33. The Morgan fingerprint density at radius 3 is 2.35 bits per heavy atom. The number of nitrogens with zero attached hydrogens (tertiary/aromatic N) is 1. The Morgan fingerprint density at radius 1 is 1.06 bits per heavy atom. The fraction of sp³-hybridized carbons (Fsp3) is 1.00. The van der Waals surface area contributed by atoms with Gasteiger partial charge in [0.2, 0.25) is 0 Å². The molecule has 2 rings (SSSR count). The summed E-state index contributed by atoms with van der Waals surface area (Å²) >= 11 is 0. The van der Waals surface area contributed by atoms with Gasteiger partial charge in [0.05, 0.1) is 0 Å². The van der Waals surface area contributed by atoms with Crippen molar-refractivity contribution in [3.8, 4) is 0 Å². The first kappa shape index (κ1) is 13.4. The molecule has 1 saturated carbocycles. The molecule has 3 unspecified atom stereocenters. The van der Waals surface area contributed by atoms with Crippen molar-refractivity contribution in [1.29, 1.82) is 0 Å². The number of piperidine rings is 1. The van der Waals surface area contributed by atoms with Gasteiger partial charge in [-0.15, -0.1) is 0 Å². The van der Waals surface area contributed by atoms with Crippen molar-refractivity contribution in [2.45, 2.75) is 52.0 Å². The van der Waals surface area contributed by atoms with Gasteiger partial charge in [-0.05, 0) is 76.5 Å². The van der Waals surface area contributed by atoms with Crippen LogP contribution in [0, 0.1) is 17.8 Å². The normalized spacial score (nSPS) is 37.2. The number of rotatable bonds is 3. The van der Waals surface area contributed by atoms with Crippen LogP contribution in [0.3, 0.4) is 0 Å². The predicted molar refractivity (Wildman–Crippen MR) is 74.2 cm³/mol. The largest absolute Gasteiger partial charge is 0.319 e. The summed E-state index contributed by atoms with van der Waals surface area (Å²) in [6.45, 7) is 8.79. The van der Waals surface area contributed by atoms with E-state index in [-0.39, 0.29) is 0 Å². The molecule has 1 aliphatic carbocycles. The molecule has 2 heteroatoms. The highest BCUT2D eigenvalue weighted by Gasteiger charge is 2.31. The zero-order valence-electron chi connectivity index (χ0n) is 11.9. The van der Waals surface area contributed by atoms with Crippen LogP contribution in [0.2, 0.25) is 0 Å². The minimum absolute atomic E-state index is 0.890. The number of hydrogen-bond donors (Lipinski definition) is 1. The van der Waals surface area contributed by atoms with Crippen LogP contribution >= 0.6 is 0 Å². The lowest BCUT2D eigenvalue weighted by atomic mass is 9.78. The molecule has 0 aromatic heterocycles. The zero-order valence-corrected chi connectivity index (χ0v) is 11.9. The Balaban J connectivity index is 1.80. The van der Waals surface area contributed by atoms with E-state index in [1.807, 2.05) is 0 Å². The SMILES string of the molecule is CNCC1CCN(C2CCC(C)CC2C)CC1. The molecule has 100 valence electrons. The lowest BCUT2D eigenvalue weighted by Gasteiger charge is -2.43. The Labute approximate surface area is 107 Å². The molecule has 2 aliphatic rings. The molecule has 2 fully saturated rings. The molecule has 1 saturated heterocycles. The first-order chi connectivity index (χ1) is 8.20. The van der Waals surface area contributed by atoms with Gasteiger partial charge in [0, 0.05) is 6.04 Å². The van der Waals surface area contributed by atoms with Crippen molar-refractivity contribution in [3.63, 3.8) is 0 Å². The first-order valence-electron chi connectivity index (χ1n) is 7.59. The van der Waals surface area contributed by atoms with Gasteiger partial charge in [-0.1, -0.05) is 13.8 Å². The molecule has 1 aliphatic heterocycles. The summed E-state index contributed by atoms with van der Waals surface area (Å²) in [6.07, 6.45) is 7.14. The second-order valence-corrected chi connectivity index (χ2v) is 6.50. The van der Waals surface area contributed by atoms with Crippen molar-refractivity contribution in [2.75, 3.05) is 26.7 Å². The molecule has 2 nitrogen and oxygen atoms in total. The van der Waals surface area contributed by atoms with Crippen LogP contribution in [0.4, 0.5) is 0 Å². The second-order valence-electron chi connectivity index (χ2n) is 6.50. The summed E-state index contributed by atoms with van der Waals surface area (Å²) in [5.41, 5.74) is 0. The molecular formula is C15H30N2. The lowest BCUT2D eigenvalue weighted by Crippen LogP contribution is -2.47. The van der Waals surface area contributed by atoms with Crippen molar-refractivity contribution in [1.82, 2.24) is 10.2 Å². The van der Waals surface area contributed by atoms with Crippen LogP contribution < -0.4 is 5.32 Å². The van der Waals surface area contributed by atoms with E-state index in [9.17, 15) is 0 Å². The Kier molecular flexibility index (Phi) is 4.87. The van der Waals surface area contributed by atoms with Crippen LogP contribution in [-0.2, 0) is 0 Å². The third-order valence-corrected chi connectivity index (χ3v) is 5.00. The maximum absolute atomic E-state index is 3.33. The number of likely N-dealkylation sites (tertiary alicyclic amines) is 1. The summed E-state index contributed by atoms with van der Waals surface area (Å²) in [4.78, 5) is 2.79. The lowest BCUT2D eigenvalue weighted by molar-refractivity contribution is 0.0620. The van der Waals surface area contributed by atoms with E-state index in [0.717, 1.165) is 23.8 Å². The van der Waals surface area contributed by atoms with Gasteiger partial charge in [0.1, 0.15) is 0 Å². The fourth-order valence-electron chi connectivity index (χ4n) is 3.97. The summed E-state index contributed by atoms with van der Waals surface area (Å²) < 4.78 is 0. The monoisotopic (exact) mass is 238 g/mol. The Morgan fingerprint density at radius 2 is 1.76 bits per heavy atom. The van der Waals surface area contributed by atoms with Gasteiger partial charge in [0.15, 0.2) is 0 Å². The van der Waals surface area contributed by atoms with E-state index in [2.05, 4.69) is 31.1 Å². The van der Waals surface area contributed by atoms with E-state index in [1.165, 1.54) is 51.7 Å². The third-order valence-electron chi connectivity index (χ3n) is 5.00. The minimum Gasteiger partial charge on any atom is -0.319 e. The van der Waals surface area contributed by atoms with E-state index >= 15 is 0 Å². The molecule has 17 heavy (non-hydrogen) atoms. The van der Waals surface area contributed by atoms with E-state index in [4.69, 9.17) is 0 Å². The van der Waals surface area contributed by atoms with Crippen LogP contribution in [0.5, 0.6) is 0 Å². The molecule has 1 heterocycles. The van der Waals surface area contributed by atoms with Gasteiger partial charge in [0.25, 0.3) is 0 Å². The first-order valence-corrected chi connectivity index (χ1v) is 7.59. The fourth-order valence-corrected chi connectivity index (χ4v) is 3.97. The molecule has 0 bridgehead atoms. The minimum atomic E-state index is 0.890. The van der Waals surface area contributed by atoms with Crippen molar-refractivity contribution < 1.29 is 0 Å². The molecule has 0 spiro atoms. The summed E-state index contributed by atoms with van der Waals surface area (Å²) in [6, 6.07) is 0.890. The molecule has 0 aromatic rings. The predicted octanol–water partition coefficient (Wildman–Crippen LogP) is 2.74. The smallest absolute Gasteiger partial charge is 0.0121 e. The maximum Gasteiger partial charge on any atom is 0.0121 e. The number of hydrogen-bond acceptors (Lipinski definition) is 2. The zero-order chi connectivity index (χ0) is 12.3. The van der Waals surface area contributed by atoms with Crippen molar-refractivity contribution in [3.05, 3.63) is 0 Å². The van der Waals surface area contributed by atoms with Crippen molar-refractivity contribution in [2.24, 2.45) is 17.8 Å². The molecular weight excluding hydrogens is 208 g/mol. The molecule has 0 radical (unpaired) electrons. The van der Waals surface area contributed by atoms with Gasteiger partial charge < -0.3 is 10.2 Å². The van der Waals surface area contributed by atoms with Gasteiger partial charge in [-0.25, -0.2) is 0 Å². The van der Waals surface area contributed by atoms with Crippen LogP contribution in [0.15, 0.2) is 0 Å². The van der Waals surface area contributed by atoms with E-state index in [1.54, 1.807) is 0 Å².